The van der Waals surface area contributed by atoms with E-state index >= 15 is 0 Å². The Morgan fingerprint density at radius 2 is 1.89 bits per heavy atom. The number of nitrogens with zero attached hydrogens (tertiary/aromatic N) is 6. The molecule has 0 aromatic carbocycles. The summed E-state index contributed by atoms with van der Waals surface area (Å²) in [5, 5.41) is 13.4. The SMILES string of the molecule is CCNC(=O)N1CCN(C(=O)Cn2cnnn2)CC1. The molecule has 0 atom stereocenters. The maximum Gasteiger partial charge on any atom is 0.317 e. The third-order valence-electron chi connectivity index (χ3n) is 2.94. The number of aromatic nitrogens is 4. The summed E-state index contributed by atoms with van der Waals surface area (Å²) >= 11 is 0. The Hall–Kier alpha value is -2.19. The lowest BCUT2D eigenvalue weighted by molar-refractivity contribution is -0.133. The highest BCUT2D eigenvalue weighted by atomic mass is 16.2. The van der Waals surface area contributed by atoms with Gasteiger partial charge >= 0.3 is 6.03 Å². The van der Waals surface area contributed by atoms with Gasteiger partial charge in [0.25, 0.3) is 0 Å². The van der Waals surface area contributed by atoms with E-state index in [1.54, 1.807) is 9.80 Å². The summed E-state index contributed by atoms with van der Waals surface area (Å²) in [4.78, 5) is 27.0. The number of hydrogen-bond acceptors (Lipinski definition) is 5. The van der Waals surface area contributed by atoms with Crippen LogP contribution in [0.2, 0.25) is 0 Å². The molecule has 2 rings (SSSR count). The highest BCUT2D eigenvalue weighted by molar-refractivity contribution is 5.77. The zero-order valence-corrected chi connectivity index (χ0v) is 10.8. The van der Waals surface area contributed by atoms with Gasteiger partial charge in [-0.15, -0.1) is 5.10 Å². The molecule has 1 aliphatic heterocycles. The number of carbonyl (C=O) groups excluding carboxylic acids is 2. The van der Waals surface area contributed by atoms with Crippen LogP contribution in [0.4, 0.5) is 4.79 Å². The summed E-state index contributed by atoms with van der Waals surface area (Å²) in [6.45, 7) is 4.80. The number of rotatable bonds is 3. The topological polar surface area (TPSA) is 96.2 Å². The molecular formula is C10H17N7O2. The number of urea groups is 1. The second kappa shape index (κ2) is 6.12. The third kappa shape index (κ3) is 3.39. The van der Waals surface area contributed by atoms with Gasteiger partial charge in [-0.05, 0) is 17.4 Å². The quantitative estimate of drug-likeness (QED) is 0.722. The van der Waals surface area contributed by atoms with E-state index in [1.165, 1.54) is 11.0 Å². The predicted octanol–water partition coefficient (Wildman–Crippen LogP) is -1.45. The number of nitrogens with one attached hydrogen (secondary N) is 1. The average Bonchev–Trinajstić information content (AvgIpc) is 2.92. The molecule has 0 bridgehead atoms. The van der Waals surface area contributed by atoms with Crippen LogP contribution in [0.1, 0.15) is 6.92 Å². The van der Waals surface area contributed by atoms with Crippen molar-refractivity contribution in [1.29, 1.82) is 0 Å². The van der Waals surface area contributed by atoms with E-state index < -0.39 is 0 Å². The summed E-state index contributed by atoms with van der Waals surface area (Å²) in [5.41, 5.74) is 0. The molecule has 1 saturated heterocycles. The molecule has 1 aromatic rings. The minimum Gasteiger partial charge on any atom is -0.338 e. The molecule has 0 spiro atoms. The van der Waals surface area contributed by atoms with Crippen LogP contribution in [-0.4, -0.2) is 74.7 Å². The van der Waals surface area contributed by atoms with E-state index in [-0.39, 0.29) is 18.5 Å². The second-order valence-corrected chi connectivity index (χ2v) is 4.21. The Balaban J connectivity index is 1.79. The van der Waals surface area contributed by atoms with E-state index in [1.807, 2.05) is 6.92 Å². The van der Waals surface area contributed by atoms with Crippen LogP contribution in [0.15, 0.2) is 6.33 Å². The van der Waals surface area contributed by atoms with Gasteiger partial charge in [0.1, 0.15) is 12.9 Å². The molecule has 3 amide bonds. The molecular weight excluding hydrogens is 250 g/mol. The van der Waals surface area contributed by atoms with E-state index in [0.29, 0.717) is 32.7 Å². The minimum absolute atomic E-state index is 0.0390. The predicted molar refractivity (Wildman–Crippen MR) is 65.0 cm³/mol. The normalized spacial score (nSPS) is 15.4. The van der Waals surface area contributed by atoms with Gasteiger partial charge in [0.15, 0.2) is 0 Å². The maximum atomic E-state index is 12.0. The van der Waals surface area contributed by atoms with E-state index in [4.69, 9.17) is 0 Å². The van der Waals surface area contributed by atoms with Crippen molar-refractivity contribution in [3.8, 4) is 0 Å². The molecule has 1 aromatic heterocycles. The van der Waals surface area contributed by atoms with Crippen molar-refractivity contribution in [1.82, 2.24) is 35.3 Å². The molecule has 1 fully saturated rings. The van der Waals surface area contributed by atoms with Gasteiger partial charge in [-0.3, -0.25) is 4.79 Å². The van der Waals surface area contributed by atoms with Gasteiger partial charge in [-0.2, -0.15) is 0 Å². The molecule has 1 aliphatic rings. The van der Waals surface area contributed by atoms with Crippen LogP contribution in [0, 0.1) is 0 Å². The largest absolute Gasteiger partial charge is 0.338 e. The lowest BCUT2D eigenvalue weighted by atomic mass is 10.3. The molecule has 0 saturated carbocycles. The summed E-state index contributed by atoms with van der Waals surface area (Å²) in [7, 11) is 0. The monoisotopic (exact) mass is 267 g/mol. The Kier molecular flexibility index (Phi) is 4.26. The second-order valence-electron chi connectivity index (χ2n) is 4.21. The van der Waals surface area contributed by atoms with Crippen molar-refractivity contribution < 1.29 is 9.59 Å². The van der Waals surface area contributed by atoms with Crippen LogP contribution in [-0.2, 0) is 11.3 Å². The van der Waals surface area contributed by atoms with Crippen LogP contribution < -0.4 is 5.32 Å². The fourth-order valence-corrected chi connectivity index (χ4v) is 1.91. The third-order valence-corrected chi connectivity index (χ3v) is 2.94. The van der Waals surface area contributed by atoms with Gasteiger partial charge in [-0.25, -0.2) is 9.48 Å². The number of carbonyl (C=O) groups is 2. The number of amides is 3. The van der Waals surface area contributed by atoms with Gasteiger partial charge < -0.3 is 15.1 Å². The molecule has 0 radical (unpaired) electrons. The van der Waals surface area contributed by atoms with Crippen molar-refractivity contribution in [3.05, 3.63) is 6.33 Å². The molecule has 1 N–H and O–H groups in total. The molecule has 0 aliphatic carbocycles. The van der Waals surface area contributed by atoms with Gasteiger partial charge in [0.2, 0.25) is 5.91 Å². The number of piperazine rings is 1. The van der Waals surface area contributed by atoms with Crippen LogP contribution in [0.3, 0.4) is 0 Å². The molecule has 9 heteroatoms. The zero-order chi connectivity index (χ0) is 13.7. The van der Waals surface area contributed by atoms with Crippen LogP contribution >= 0.6 is 0 Å². The molecule has 104 valence electrons. The molecule has 19 heavy (non-hydrogen) atoms. The number of hydrogen-bond donors (Lipinski definition) is 1. The Bertz CT molecular complexity index is 425. The van der Waals surface area contributed by atoms with Crippen LogP contribution in [0.25, 0.3) is 0 Å². The Morgan fingerprint density at radius 3 is 2.47 bits per heavy atom. The highest BCUT2D eigenvalue weighted by Crippen LogP contribution is 2.03. The summed E-state index contributed by atoms with van der Waals surface area (Å²) in [5.74, 6) is -0.0390. The van der Waals surface area contributed by atoms with E-state index in [2.05, 4.69) is 20.8 Å². The van der Waals surface area contributed by atoms with Crippen molar-refractivity contribution in [2.24, 2.45) is 0 Å². The van der Waals surface area contributed by atoms with Crippen molar-refractivity contribution in [3.63, 3.8) is 0 Å². The molecule has 9 nitrogen and oxygen atoms in total. The van der Waals surface area contributed by atoms with Crippen LogP contribution in [0.5, 0.6) is 0 Å². The fraction of sp³-hybridized carbons (Fsp3) is 0.700. The summed E-state index contributed by atoms with van der Waals surface area (Å²) < 4.78 is 1.39. The van der Waals surface area contributed by atoms with Gasteiger partial charge in [-0.1, -0.05) is 0 Å². The Labute approximate surface area is 110 Å². The lowest BCUT2D eigenvalue weighted by Gasteiger charge is -2.34. The fourth-order valence-electron chi connectivity index (χ4n) is 1.91. The lowest BCUT2D eigenvalue weighted by Crippen LogP contribution is -2.53. The summed E-state index contributed by atoms with van der Waals surface area (Å²) in [6.07, 6.45) is 1.41. The first-order valence-electron chi connectivity index (χ1n) is 6.22. The van der Waals surface area contributed by atoms with Crippen molar-refractivity contribution in [2.75, 3.05) is 32.7 Å². The first kappa shape index (κ1) is 13.2. The van der Waals surface area contributed by atoms with Gasteiger partial charge in [0, 0.05) is 32.7 Å². The molecule has 0 unspecified atom stereocenters. The van der Waals surface area contributed by atoms with Crippen molar-refractivity contribution in [2.45, 2.75) is 13.5 Å². The zero-order valence-electron chi connectivity index (χ0n) is 10.8. The van der Waals surface area contributed by atoms with Crippen molar-refractivity contribution >= 4 is 11.9 Å². The first-order chi connectivity index (χ1) is 9.20. The molecule has 2 heterocycles. The van der Waals surface area contributed by atoms with Gasteiger partial charge in [0.05, 0.1) is 0 Å². The average molecular weight is 267 g/mol. The highest BCUT2D eigenvalue weighted by Gasteiger charge is 2.23. The van der Waals surface area contributed by atoms with E-state index in [9.17, 15) is 9.59 Å². The minimum atomic E-state index is -0.0740. The van der Waals surface area contributed by atoms with E-state index in [0.717, 1.165) is 0 Å². The maximum absolute atomic E-state index is 12.0. The standard InChI is InChI=1S/C10H17N7O2/c1-2-11-10(19)16-5-3-15(4-6-16)9(18)7-17-8-12-13-14-17/h8H,2-7H2,1H3,(H,11,19). The smallest absolute Gasteiger partial charge is 0.317 e. The first-order valence-corrected chi connectivity index (χ1v) is 6.22. The Morgan fingerprint density at radius 1 is 1.21 bits per heavy atom. The summed E-state index contributed by atoms with van der Waals surface area (Å²) in [6, 6.07) is -0.0740. The number of tetrazole rings is 1.